The Morgan fingerprint density at radius 1 is 1.00 bits per heavy atom. The monoisotopic (exact) mass is 422 g/mol. The smallest absolute Gasteiger partial charge is 0.237 e. The summed E-state index contributed by atoms with van der Waals surface area (Å²) in [6.45, 7) is 5.11. The van der Waals surface area contributed by atoms with Gasteiger partial charge in [0.05, 0.1) is 12.5 Å². The van der Waals surface area contributed by atoms with E-state index in [9.17, 15) is 9.59 Å². The molecule has 2 heterocycles. The quantitative estimate of drug-likeness (QED) is 0.771. The first kappa shape index (κ1) is 21.3. The second-order valence-corrected chi connectivity index (χ2v) is 8.23. The van der Waals surface area contributed by atoms with E-state index in [1.807, 2.05) is 59.5 Å². The van der Waals surface area contributed by atoms with Crippen LogP contribution in [0.3, 0.4) is 0 Å². The number of carbonyl (C=O) groups excluding carboxylic acids is 2. The van der Waals surface area contributed by atoms with Gasteiger partial charge in [-0.25, -0.2) is 0 Å². The number of para-hydroxylation sites is 1. The van der Waals surface area contributed by atoms with Crippen LogP contribution in [0, 0.1) is 0 Å². The molecule has 0 aromatic heterocycles. The minimum absolute atomic E-state index is 0.0568. The molecule has 164 valence electrons. The summed E-state index contributed by atoms with van der Waals surface area (Å²) in [6, 6.07) is 17.1. The van der Waals surface area contributed by atoms with Crippen molar-refractivity contribution in [3.8, 4) is 11.5 Å². The Morgan fingerprint density at radius 2 is 1.74 bits per heavy atom. The second-order valence-electron chi connectivity index (χ2n) is 8.23. The van der Waals surface area contributed by atoms with Crippen molar-refractivity contribution in [1.29, 1.82) is 0 Å². The van der Waals surface area contributed by atoms with Crippen molar-refractivity contribution >= 4 is 11.8 Å². The summed E-state index contributed by atoms with van der Waals surface area (Å²) in [5, 5.41) is 2.92. The zero-order valence-corrected chi connectivity index (χ0v) is 18.0. The number of ether oxygens (including phenoxy) is 1. The molecule has 2 aromatic rings. The predicted octanol–water partition coefficient (Wildman–Crippen LogP) is 1.94. The van der Waals surface area contributed by atoms with Gasteiger partial charge in [0.1, 0.15) is 11.5 Å². The van der Waals surface area contributed by atoms with Crippen molar-refractivity contribution in [2.24, 2.45) is 0 Å². The summed E-state index contributed by atoms with van der Waals surface area (Å²) in [7, 11) is 2.06. The molecular weight excluding hydrogens is 392 g/mol. The average molecular weight is 423 g/mol. The number of benzene rings is 2. The van der Waals surface area contributed by atoms with Crippen LogP contribution in [0.25, 0.3) is 0 Å². The number of rotatable bonds is 6. The lowest BCUT2D eigenvalue weighted by Gasteiger charge is -2.37. The Labute approximate surface area is 183 Å². The normalized spacial score (nSPS) is 20.4. The molecule has 2 aliphatic heterocycles. The summed E-state index contributed by atoms with van der Waals surface area (Å²) in [4.78, 5) is 31.7. The molecule has 2 saturated heterocycles. The molecule has 7 nitrogen and oxygen atoms in total. The van der Waals surface area contributed by atoms with E-state index < -0.39 is 6.04 Å². The summed E-state index contributed by atoms with van der Waals surface area (Å²) in [5.74, 6) is 1.54. The van der Waals surface area contributed by atoms with Gasteiger partial charge in [0.2, 0.25) is 11.8 Å². The fourth-order valence-corrected chi connectivity index (χ4v) is 4.09. The van der Waals surface area contributed by atoms with Crippen LogP contribution < -0.4 is 10.1 Å². The lowest BCUT2D eigenvalue weighted by Crippen LogP contribution is -2.57. The third-order valence-electron chi connectivity index (χ3n) is 5.93. The first-order chi connectivity index (χ1) is 15.1. The van der Waals surface area contributed by atoms with E-state index in [1.165, 1.54) is 0 Å². The highest BCUT2D eigenvalue weighted by molar-refractivity contribution is 5.88. The van der Waals surface area contributed by atoms with Crippen LogP contribution in [0.1, 0.15) is 12.0 Å². The van der Waals surface area contributed by atoms with Crippen LogP contribution in [0.15, 0.2) is 54.6 Å². The van der Waals surface area contributed by atoms with Gasteiger partial charge in [0, 0.05) is 45.8 Å². The molecule has 2 fully saturated rings. The average Bonchev–Trinajstić information content (AvgIpc) is 2.77. The van der Waals surface area contributed by atoms with Crippen molar-refractivity contribution in [3.63, 3.8) is 0 Å². The molecule has 4 rings (SSSR count). The number of carbonyl (C=O) groups is 2. The molecule has 0 spiro atoms. The largest absolute Gasteiger partial charge is 0.457 e. The minimum atomic E-state index is -0.445. The highest BCUT2D eigenvalue weighted by atomic mass is 16.5. The summed E-state index contributed by atoms with van der Waals surface area (Å²) >= 11 is 0. The van der Waals surface area contributed by atoms with Gasteiger partial charge in [0.25, 0.3) is 0 Å². The summed E-state index contributed by atoms with van der Waals surface area (Å²) < 4.78 is 5.95. The van der Waals surface area contributed by atoms with E-state index in [-0.39, 0.29) is 18.2 Å². The lowest BCUT2D eigenvalue weighted by molar-refractivity contribution is -0.140. The fourth-order valence-electron chi connectivity index (χ4n) is 4.09. The third kappa shape index (κ3) is 5.62. The molecule has 0 radical (unpaired) electrons. The van der Waals surface area contributed by atoms with Gasteiger partial charge >= 0.3 is 0 Å². The molecule has 2 aliphatic rings. The molecule has 2 amide bonds. The van der Waals surface area contributed by atoms with E-state index in [2.05, 4.69) is 22.2 Å². The van der Waals surface area contributed by atoms with Crippen molar-refractivity contribution in [1.82, 2.24) is 20.0 Å². The van der Waals surface area contributed by atoms with Crippen molar-refractivity contribution in [2.75, 3.05) is 46.3 Å². The van der Waals surface area contributed by atoms with Gasteiger partial charge in [-0.15, -0.1) is 0 Å². The first-order valence-electron chi connectivity index (χ1n) is 10.9. The predicted molar refractivity (Wildman–Crippen MR) is 119 cm³/mol. The van der Waals surface area contributed by atoms with E-state index >= 15 is 0 Å². The molecule has 31 heavy (non-hydrogen) atoms. The zero-order chi connectivity index (χ0) is 21.6. The highest BCUT2D eigenvalue weighted by Gasteiger charge is 2.33. The molecule has 0 saturated carbocycles. The maximum atomic E-state index is 12.9. The topological polar surface area (TPSA) is 65.1 Å². The van der Waals surface area contributed by atoms with E-state index in [4.69, 9.17) is 4.74 Å². The van der Waals surface area contributed by atoms with Crippen LogP contribution >= 0.6 is 0 Å². The molecule has 0 bridgehead atoms. The number of hydrogen-bond acceptors (Lipinski definition) is 5. The number of likely N-dealkylation sites (N-methyl/N-ethyl adjacent to an activating group) is 1. The Kier molecular flexibility index (Phi) is 6.84. The number of amides is 2. The van der Waals surface area contributed by atoms with Crippen LogP contribution in [0.5, 0.6) is 11.5 Å². The van der Waals surface area contributed by atoms with Gasteiger partial charge in [-0.05, 0) is 36.9 Å². The number of nitrogens with zero attached hydrogens (tertiary/aromatic N) is 3. The first-order valence-corrected chi connectivity index (χ1v) is 10.9. The summed E-state index contributed by atoms with van der Waals surface area (Å²) in [6.07, 6.45) is 0.218. The fraction of sp³-hybridized carbons (Fsp3) is 0.417. The minimum Gasteiger partial charge on any atom is -0.457 e. The molecule has 0 unspecified atom stereocenters. The van der Waals surface area contributed by atoms with Gasteiger partial charge in [-0.3, -0.25) is 14.5 Å². The number of nitrogens with one attached hydrogen (secondary N) is 1. The van der Waals surface area contributed by atoms with E-state index in [1.54, 1.807) is 0 Å². The summed E-state index contributed by atoms with van der Waals surface area (Å²) in [5.41, 5.74) is 1.06. The zero-order valence-electron chi connectivity index (χ0n) is 18.0. The molecule has 7 heteroatoms. The van der Waals surface area contributed by atoms with Crippen LogP contribution in [0.4, 0.5) is 0 Å². The third-order valence-corrected chi connectivity index (χ3v) is 5.93. The van der Waals surface area contributed by atoms with Crippen molar-refractivity contribution in [2.45, 2.75) is 19.0 Å². The maximum absolute atomic E-state index is 12.9. The molecule has 1 atom stereocenters. The molecular formula is C24H30N4O3. The Morgan fingerprint density at radius 3 is 2.52 bits per heavy atom. The highest BCUT2D eigenvalue weighted by Crippen LogP contribution is 2.23. The van der Waals surface area contributed by atoms with E-state index in [0.717, 1.165) is 49.8 Å². The Balaban J connectivity index is 1.41. The van der Waals surface area contributed by atoms with Gasteiger partial charge in [-0.1, -0.05) is 30.3 Å². The standard InChI is InChI=1S/C24H30N4O3/c1-26-12-14-27(15-13-26)23(29)17-22-24(30)25-10-11-28(22)18-19-6-5-9-21(16-19)31-20-7-3-2-4-8-20/h2-9,16,22H,10-15,17-18H2,1H3,(H,25,30)/t22-/m0/s1. The van der Waals surface area contributed by atoms with Gasteiger partial charge in [0.15, 0.2) is 0 Å². The number of hydrogen-bond donors (Lipinski definition) is 1. The maximum Gasteiger partial charge on any atom is 0.237 e. The van der Waals surface area contributed by atoms with E-state index in [0.29, 0.717) is 13.1 Å². The SMILES string of the molecule is CN1CCN(C(=O)C[C@H]2C(=O)NCCN2Cc2cccc(Oc3ccccc3)c2)CC1. The number of piperazine rings is 2. The lowest BCUT2D eigenvalue weighted by atomic mass is 10.1. The van der Waals surface area contributed by atoms with Gasteiger partial charge in [-0.2, -0.15) is 0 Å². The van der Waals surface area contributed by atoms with Crippen LogP contribution in [-0.2, 0) is 16.1 Å². The molecule has 2 aromatic carbocycles. The van der Waals surface area contributed by atoms with Crippen molar-refractivity contribution in [3.05, 3.63) is 60.2 Å². The Bertz CT molecular complexity index is 897. The molecule has 1 N–H and O–H groups in total. The van der Waals surface area contributed by atoms with Crippen LogP contribution in [-0.4, -0.2) is 78.9 Å². The van der Waals surface area contributed by atoms with Crippen molar-refractivity contribution < 1.29 is 14.3 Å². The second kappa shape index (κ2) is 9.94. The molecule has 0 aliphatic carbocycles. The Hall–Kier alpha value is -2.90. The van der Waals surface area contributed by atoms with Crippen LogP contribution in [0.2, 0.25) is 0 Å². The van der Waals surface area contributed by atoms with Gasteiger partial charge < -0.3 is 19.9 Å².